The first kappa shape index (κ1) is 27.0. The molecule has 0 aliphatic heterocycles. The number of anilines is 2. The number of carbonyl (C=O) groups excluding carboxylic acids is 2. The van der Waals surface area contributed by atoms with Crippen molar-refractivity contribution in [3.8, 4) is 17.6 Å². The molecule has 0 saturated heterocycles. The van der Waals surface area contributed by atoms with Gasteiger partial charge in [0.1, 0.15) is 11.6 Å². The molecule has 2 amide bonds. The molecule has 0 fully saturated rings. The SMILES string of the molecule is CCOc1cc(/C=C(\C#N)C(=O)Nc2ccccc2Cl)cc(I)c1OCC(=O)Nc1ccccc1C. The van der Waals surface area contributed by atoms with Crippen LogP contribution in [0.15, 0.2) is 66.2 Å². The highest BCUT2D eigenvalue weighted by Crippen LogP contribution is 2.35. The summed E-state index contributed by atoms with van der Waals surface area (Å²) >= 11 is 8.16. The number of para-hydroxylation sites is 2. The second kappa shape index (κ2) is 13.0. The molecule has 3 rings (SSSR count). The molecule has 0 aromatic heterocycles. The maximum Gasteiger partial charge on any atom is 0.266 e. The molecule has 7 nitrogen and oxygen atoms in total. The van der Waals surface area contributed by atoms with Crippen LogP contribution in [0.3, 0.4) is 0 Å². The third-order valence-corrected chi connectivity index (χ3v) is 6.03. The second-order valence-electron chi connectivity index (χ2n) is 7.52. The van der Waals surface area contributed by atoms with Crippen molar-refractivity contribution in [2.24, 2.45) is 0 Å². The molecule has 0 radical (unpaired) electrons. The highest BCUT2D eigenvalue weighted by Gasteiger charge is 2.16. The Morgan fingerprint density at radius 1 is 1.06 bits per heavy atom. The van der Waals surface area contributed by atoms with Gasteiger partial charge in [-0.2, -0.15) is 5.26 Å². The van der Waals surface area contributed by atoms with E-state index in [9.17, 15) is 14.9 Å². The molecular formula is C27H23ClIN3O4. The molecule has 0 unspecified atom stereocenters. The van der Waals surface area contributed by atoms with Crippen LogP contribution in [-0.4, -0.2) is 25.0 Å². The fraction of sp³-hybridized carbons (Fsp3) is 0.148. The molecule has 36 heavy (non-hydrogen) atoms. The molecule has 2 N–H and O–H groups in total. The number of aryl methyl sites for hydroxylation is 1. The number of rotatable bonds is 9. The fourth-order valence-electron chi connectivity index (χ4n) is 3.18. The number of hydrogen-bond acceptors (Lipinski definition) is 5. The first-order valence-electron chi connectivity index (χ1n) is 10.9. The van der Waals surface area contributed by atoms with Gasteiger partial charge in [0.05, 0.1) is 20.9 Å². The zero-order chi connectivity index (χ0) is 26.1. The van der Waals surface area contributed by atoms with Crippen LogP contribution in [0.25, 0.3) is 6.08 Å². The Bertz CT molecular complexity index is 1350. The molecule has 0 heterocycles. The molecule has 0 aliphatic rings. The summed E-state index contributed by atoms with van der Waals surface area (Å²) in [6, 6.07) is 19.5. The van der Waals surface area contributed by atoms with Crippen LogP contribution in [0.5, 0.6) is 11.5 Å². The Balaban J connectivity index is 1.79. The Labute approximate surface area is 228 Å². The summed E-state index contributed by atoms with van der Waals surface area (Å²) in [6.07, 6.45) is 1.45. The second-order valence-corrected chi connectivity index (χ2v) is 9.09. The number of carbonyl (C=O) groups is 2. The topological polar surface area (TPSA) is 100 Å². The molecular weight excluding hydrogens is 593 g/mol. The van der Waals surface area contributed by atoms with Gasteiger partial charge in [-0.1, -0.05) is 41.9 Å². The van der Waals surface area contributed by atoms with E-state index < -0.39 is 5.91 Å². The van der Waals surface area contributed by atoms with E-state index in [-0.39, 0.29) is 18.1 Å². The fourth-order valence-corrected chi connectivity index (χ4v) is 4.14. The summed E-state index contributed by atoms with van der Waals surface area (Å²) in [5.74, 6) is -0.113. The van der Waals surface area contributed by atoms with Crippen LogP contribution in [0.1, 0.15) is 18.1 Å². The number of ether oxygens (including phenoxy) is 2. The predicted octanol–water partition coefficient (Wildman–Crippen LogP) is 6.21. The van der Waals surface area contributed by atoms with Crippen LogP contribution in [-0.2, 0) is 9.59 Å². The van der Waals surface area contributed by atoms with Crippen LogP contribution in [0, 0.1) is 21.8 Å². The minimum absolute atomic E-state index is 0.112. The first-order valence-corrected chi connectivity index (χ1v) is 12.4. The number of halogens is 2. The van der Waals surface area contributed by atoms with Crippen molar-refractivity contribution in [3.05, 3.63) is 86.0 Å². The van der Waals surface area contributed by atoms with Crippen LogP contribution < -0.4 is 20.1 Å². The molecule has 0 spiro atoms. The molecule has 3 aromatic carbocycles. The number of amides is 2. The Kier molecular flexibility index (Phi) is 9.73. The van der Waals surface area contributed by atoms with Crippen molar-refractivity contribution in [1.82, 2.24) is 0 Å². The zero-order valence-corrected chi connectivity index (χ0v) is 22.5. The van der Waals surface area contributed by atoms with Crippen LogP contribution in [0.4, 0.5) is 11.4 Å². The summed E-state index contributed by atoms with van der Waals surface area (Å²) in [5.41, 5.74) is 2.51. The van der Waals surface area contributed by atoms with Gasteiger partial charge in [-0.05, 0) is 84.0 Å². The first-order chi connectivity index (χ1) is 17.3. The molecule has 3 aromatic rings. The standard InChI is InChI=1S/C27H23ClIN3O4/c1-3-35-24-14-18(12-19(15-30)27(34)32-23-11-7-5-9-20(23)28)13-21(29)26(24)36-16-25(33)31-22-10-6-4-8-17(22)2/h4-14H,3,16H2,1-2H3,(H,31,33)(H,32,34)/b19-12+. The average molecular weight is 616 g/mol. The van der Waals surface area contributed by atoms with E-state index in [1.54, 1.807) is 36.4 Å². The van der Waals surface area contributed by atoms with Crippen molar-refractivity contribution in [2.45, 2.75) is 13.8 Å². The molecule has 0 bridgehead atoms. The summed E-state index contributed by atoms with van der Waals surface area (Å²) in [5, 5.41) is 15.4. The van der Waals surface area contributed by atoms with Gasteiger partial charge in [0, 0.05) is 5.69 Å². The van der Waals surface area contributed by atoms with E-state index in [4.69, 9.17) is 21.1 Å². The number of benzene rings is 3. The van der Waals surface area contributed by atoms with E-state index >= 15 is 0 Å². The summed E-state index contributed by atoms with van der Waals surface area (Å²) in [6.45, 7) is 3.86. The maximum atomic E-state index is 12.7. The van der Waals surface area contributed by atoms with Crippen molar-refractivity contribution in [3.63, 3.8) is 0 Å². The van der Waals surface area contributed by atoms with Crippen molar-refractivity contribution in [2.75, 3.05) is 23.8 Å². The Hall–Kier alpha value is -3.55. The van der Waals surface area contributed by atoms with E-state index in [1.165, 1.54) is 6.08 Å². The average Bonchev–Trinajstić information content (AvgIpc) is 2.85. The van der Waals surface area contributed by atoms with Gasteiger partial charge in [-0.15, -0.1) is 0 Å². The lowest BCUT2D eigenvalue weighted by Gasteiger charge is -2.15. The molecule has 0 atom stereocenters. The van der Waals surface area contributed by atoms with Crippen LogP contribution in [0.2, 0.25) is 5.02 Å². The van der Waals surface area contributed by atoms with Crippen molar-refractivity contribution in [1.29, 1.82) is 5.26 Å². The highest BCUT2D eigenvalue weighted by atomic mass is 127. The van der Waals surface area contributed by atoms with E-state index in [0.29, 0.717) is 43.6 Å². The smallest absolute Gasteiger partial charge is 0.266 e. The van der Waals surface area contributed by atoms with Crippen molar-refractivity contribution < 1.29 is 19.1 Å². The van der Waals surface area contributed by atoms with Gasteiger partial charge in [-0.25, -0.2) is 0 Å². The molecule has 0 aliphatic carbocycles. The summed E-state index contributed by atoms with van der Waals surface area (Å²) in [7, 11) is 0. The van der Waals surface area contributed by atoms with E-state index in [0.717, 1.165) is 5.56 Å². The van der Waals surface area contributed by atoms with Gasteiger partial charge >= 0.3 is 0 Å². The third-order valence-electron chi connectivity index (χ3n) is 4.90. The molecule has 9 heteroatoms. The molecule has 0 saturated carbocycles. The largest absolute Gasteiger partial charge is 0.490 e. The molecule has 184 valence electrons. The van der Waals surface area contributed by atoms with E-state index in [1.807, 2.05) is 44.2 Å². The van der Waals surface area contributed by atoms with Gasteiger partial charge in [0.15, 0.2) is 18.1 Å². The van der Waals surface area contributed by atoms with Gasteiger partial charge in [0.25, 0.3) is 11.8 Å². The number of nitrogens with one attached hydrogen (secondary N) is 2. The Morgan fingerprint density at radius 3 is 2.42 bits per heavy atom. The zero-order valence-electron chi connectivity index (χ0n) is 19.6. The van der Waals surface area contributed by atoms with E-state index in [2.05, 4.69) is 33.2 Å². The van der Waals surface area contributed by atoms with Gasteiger partial charge in [0.2, 0.25) is 0 Å². The van der Waals surface area contributed by atoms with Crippen molar-refractivity contribution >= 4 is 63.5 Å². The lowest BCUT2D eigenvalue weighted by Crippen LogP contribution is -2.21. The Morgan fingerprint density at radius 2 is 1.75 bits per heavy atom. The quantitative estimate of drug-likeness (QED) is 0.169. The summed E-state index contributed by atoms with van der Waals surface area (Å²) in [4.78, 5) is 25.1. The minimum Gasteiger partial charge on any atom is -0.490 e. The van der Waals surface area contributed by atoms with Gasteiger partial charge in [-0.3, -0.25) is 9.59 Å². The number of nitriles is 1. The lowest BCUT2D eigenvalue weighted by atomic mass is 10.1. The third kappa shape index (κ3) is 7.23. The van der Waals surface area contributed by atoms with Crippen LogP contribution >= 0.6 is 34.2 Å². The van der Waals surface area contributed by atoms with Gasteiger partial charge < -0.3 is 20.1 Å². The lowest BCUT2D eigenvalue weighted by molar-refractivity contribution is -0.118. The maximum absolute atomic E-state index is 12.7. The summed E-state index contributed by atoms with van der Waals surface area (Å²) < 4.78 is 12.2. The number of hydrogen-bond donors (Lipinski definition) is 2. The normalized spacial score (nSPS) is 10.8. The predicted molar refractivity (Wildman–Crippen MR) is 149 cm³/mol. The highest BCUT2D eigenvalue weighted by molar-refractivity contribution is 14.1. The monoisotopic (exact) mass is 615 g/mol. The number of nitrogens with zero attached hydrogens (tertiary/aromatic N) is 1. The minimum atomic E-state index is -0.591.